The Morgan fingerprint density at radius 2 is 2.00 bits per heavy atom. The number of aliphatic carboxylic acids is 1. The van der Waals surface area contributed by atoms with Crippen molar-refractivity contribution in [3.63, 3.8) is 0 Å². The van der Waals surface area contributed by atoms with Crippen LogP contribution in [0.25, 0.3) is 21.5 Å². The number of hydrogen-bond donors (Lipinski definition) is 1. The fourth-order valence-electron chi connectivity index (χ4n) is 2.36. The number of nitrogens with zero attached hydrogens (tertiary/aromatic N) is 3. The van der Waals surface area contributed by atoms with Gasteiger partial charge in [-0.05, 0) is 17.9 Å². The van der Waals surface area contributed by atoms with Gasteiger partial charge in [-0.3, -0.25) is 4.79 Å². The Hall–Kier alpha value is -3.26. The Morgan fingerprint density at radius 3 is 2.74 bits per heavy atom. The molecule has 0 saturated carbocycles. The van der Waals surface area contributed by atoms with E-state index in [9.17, 15) is 0 Å². The van der Waals surface area contributed by atoms with Crippen LogP contribution in [0.4, 0.5) is 0 Å². The van der Waals surface area contributed by atoms with Crippen LogP contribution in [0.15, 0.2) is 52.6 Å². The minimum absolute atomic E-state index is 0.279. The lowest BCUT2D eigenvalue weighted by Gasteiger charge is -2.04. The summed E-state index contributed by atoms with van der Waals surface area (Å²) in [6.07, 6.45) is 1.52. The van der Waals surface area contributed by atoms with Gasteiger partial charge in [-0.2, -0.15) is 0 Å². The maximum absolute atomic E-state index is 9.00. The van der Waals surface area contributed by atoms with E-state index in [0.29, 0.717) is 11.6 Å². The van der Waals surface area contributed by atoms with E-state index in [2.05, 4.69) is 15.1 Å². The van der Waals surface area contributed by atoms with Gasteiger partial charge in [0.1, 0.15) is 16.9 Å². The van der Waals surface area contributed by atoms with Gasteiger partial charge < -0.3 is 14.4 Å². The molecule has 0 aliphatic rings. The average Bonchev–Trinajstić information content (AvgIpc) is 3.28. The van der Waals surface area contributed by atoms with Crippen LogP contribution in [0.3, 0.4) is 0 Å². The van der Waals surface area contributed by atoms with E-state index in [-0.39, 0.29) is 6.61 Å². The maximum Gasteiger partial charge on any atom is 0.300 e. The summed E-state index contributed by atoms with van der Waals surface area (Å²) in [5, 5.41) is 14.5. The quantitative estimate of drug-likeness (QED) is 0.560. The number of benzene rings is 1. The molecule has 4 rings (SSSR count). The third-order valence-electron chi connectivity index (χ3n) is 3.50. The molecule has 0 fully saturated rings. The maximum atomic E-state index is 9.00. The van der Waals surface area contributed by atoms with Crippen molar-refractivity contribution in [1.29, 1.82) is 0 Å². The molecule has 8 heteroatoms. The van der Waals surface area contributed by atoms with E-state index in [4.69, 9.17) is 19.2 Å². The first-order chi connectivity index (χ1) is 13.0. The summed E-state index contributed by atoms with van der Waals surface area (Å²) in [6.45, 7) is 3.39. The van der Waals surface area contributed by atoms with Gasteiger partial charge in [-0.1, -0.05) is 35.5 Å². The van der Waals surface area contributed by atoms with Crippen LogP contribution in [0.1, 0.15) is 18.2 Å². The number of rotatable bonds is 4. The van der Waals surface area contributed by atoms with Gasteiger partial charge in [-0.25, -0.2) is 9.97 Å². The molecule has 3 aromatic heterocycles. The number of carbonyl (C=O) groups is 1. The van der Waals surface area contributed by atoms with E-state index in [1.807, 2.05) is 48.7 Å². The average molecular weight is 383 g/mol. The van der Waals surface area contributed by atoms with Crippen molar-refractivity contribution in [2.24, 2.45) is 0 Å². The van der Waals surface area contributed by atoms with Crippen LogP contribution in [0.5, 0.6) is 5.88 Å². The topological polar surface area (TPSA) is 98.3 Å². The van der Waals surface area contributed by atoms with Gasteiger partial charge >= 0.3 is 0 Å². The number of thiophene rings is 1. The molecular weight excluding hydrogens is 366 g/mol. The van der Waals surface area contributed by atoms with Crippen molar-refractivity contribution in [3.8, 4) is 17.1 Å². The van der Waals surface area contributed by atoms with E-state index in [1.54, 1.807) is 11.3 Å². The molecular formula is C19H17N3O4S. The molecule has 4 aromatic rings. The molecule has 0 spiro atoms. The van der Waals surface area contributed by atoms with Crippen molar-refractivity contribution in [3.05, 3.63) is 59.4 Å². The Bertz CT molecular complexity index is 1040. The molecule has 0 unspecified atom stereocenters. The number of hydrogen-bond acceptors (Lipinski definition) is 7. The van der Waals surface area contributed by atoms with Crippen LogP contribution in [-0.4, -0.2) is 26.2 Å². The second-order valence-corrected chi connectivity index (χ2v) is 6.49. The zero-order valence-corrected chi connectivity index (χ0v) is 15.6. The fraction of sp³-hybridized carbons (Fsp3) is 0.158. The predicted molar refractivity (Wildman–Crippen MR) is 102 cm³/mol. The monoisotopic (exact) mass is 383 g/mol. The fourth-order valence-corrected chi connectivity index (χ4v) is 3.24. The summed E-state index contributed by atoms with van der Waals surface area (Å²) in [5.41, 5.74) is 2.92. The summed E-state index contributed by atoms with van der Waals surface area (Å²) in [7, 11) is 0. The zero-order valence-electron chi connectivity index (χ0n) is 14.7. The van der Waals surface area contributed by atoms with Gasteiger partial charge in [0.05, 0.1) is 5.39 Å². The molecule has 1 aromatic carbocycles. The number of aryl methyl sites for hydroxylation is 1. The lowest BCUT2D eigenvalue weighted by molar-refractivity contribution is -0.134. The molecule has 0 aliphatic heterocycles. The van der Waals surface area contributed by atoms with Crippen LogP contribution in [-0.2, 0) is 11.4 Å². The first kappa shape index (κ1) is 18.5. The Morgan fingerprint density at radius 1 is 1.26 bits per heavy atom. The molecule has 0 amide bonds. The van der Waals surface area contributed by atoms with Gasteiger partial charge in [0.25, 0.3) is 5.97 Å². The first-order valence-corrected chi connectivity index (χ1v) is 8.94. The molecule has 0 bridgehead atoms. The van der Waals surface area contributed by atoms with Gasteiger partial charge in [0.15, 0.2) is 12.4 Å². The highest BCUT2D eigenvalue weighted by molar-refractivity contribution is 7.17. The SMILES string of the molecule is CC(=O)O.Cc1csc2ncnc(OCc3cc(-c4ccccc4)no3)c12. The normalized spacial score (nSPS) is 10.3. The molecule has 1 N–H and O–H groups in total. The number of fused-ring (bicyclic) bond motifs is 1. The van der Waals surface area contributed by atoms with Crippen molar-refractivity contribution >= 4 is 27.5 Å². The van der Waals surface area contributed by atoms with Crippen LogP contribution in [0, 0.1) is 6.92 Å². The highest BCUT2D eigenvalue weighted by Crippen LogP contribution is 2.30. The highest BCUT2D eigenvalue weighted by atomic mass is 32.1. The number of carboxylic acid groups (broad SMARTS) is 1. The summed E-state index contributed by atoms with van der Waals surface area (Å²) in [4.78, 5) is 18.4. The van der Waals surface area contributed by atoms with E-state index in [1.165, 1.54) is 6.33 Å². The van der Waals surface area contributed by atoms with E-state index >= 15 is 0 Å². The van der Waals surface area contributed by atoms with Crippen molar-refractivity contribution < 1.29 is 19.2 Å². The summed E-state index contributed by atoms with van der Waals surface area (Å²) < 4.78 is 11.2. The second-order valence-electron chi connectivity index (χ2n) is 5.63. The van der Waals surface area contributed by atoms with Gasteiger partial charge in [-0.15, -0.1) is 11.3 Å². The number of aromatic nitrogens is 3. The molecule has 7 nitrogen and oxygen atoms in total. The molecule has 27 heavy (non-hydrogen) atoms. The lowest BCUT2D eigenvalue weighted by atomic mass is 10.1. The standard InChI is InChI=1S/C17H13N3O2S.C2H4O2/c1-11-9-23-17-15(11)16(18-10-19-17)21-8-13-7-14(20-22-13)12-5-3-2-4-6-12;1-2(3)4/h2-7,9-10H,8H2,1H3;1H3,(H,3,4). The molecule has 3 heterocycles. The van der Waals surface area contributed by atoms with Crippen LogP contribution >= 0.6 is 11.3 Å². The Kier molecular flexibility index (Phi) is 5.77. The van der Waals surface area contributed by atoms with Gasteiger partial charge in [0, 0.05) is 18.6 Å². The summed E-state index contributed by atoms with van der Waals surface area (Å²) in [5.74, 6) is 0.398. The second kappa shape index (κ2) is 8.41. The lowest BCUT2D eigenvalue weighted by Crippen LogP contribution is -1.97. The molecule has 0 radical (unpaired) electrons. The van der Waals surface area contributed by atoms with Crippen molar-refractivity contribution in [2.45, 2.75) is 20.5 Å². The summed E-state index contributed by atoms with van der Waals surface area (Å²) in [6, 6.07) is 11.8. The van der Waals surface area contributed by atoms with Gasteiger partial charge in [0.2, 0.25) is 5.88 Å². The number of carboxylic acids is 1. The third kappa shape index (κ3) is 4.68. The van der Waals surface area contributed by atoms with Crippen LogP contribution < -0.4 is 4.74 Å². The Balaban J connectivity index is 0.000000481. The minimum atomic E-state index is -0.833. The third-order valence-corrected chi connectivity index (χ3v) is 4.50. The molecule has 0 atom stereocenters. The largest absolute Gasteiger partial charge is 0.481 e. The zero-order chi connectivity index (χ0) is 19.2. The highest BCUT2D eigenvalue weighted by Gasteiger charge is 2.12. The number of ether oxygens (including phenoxy) is 1. The molecule has 138 valence electrons. The minimum Gasteiger partial charge on any atom is -0.481 e. The van der Waals surface area contributed by atoms with E-state index < -0.39 is 5.97 Å². The molecule has 0 aliphatic carbocycles. The Labute approximate surface area is 159 Å². The summed E-state index contributed by atoms with van der Waals surface area (Å²) >= 11 is 1.58. The predicted octanol–water partition coefficient (Wildman–Crippen LogP) is 4.32. The van der Waals surface area contributed by atoms with Crippen molar-refractivity contribution in [1.82, 2.24) is 15.1 Å². The van der Waals surface area contributed by atoms with Crippen LogP contribution in [0.2, 0.25) is 0 Å². The molecule has 0 saturated heterocycles. The van der Waals surface area contributed by atoms with Crippen molar-refractivity contribution in [2.75, 3.05) is 0 Å². The first-order valence-electron chi connectivity index (χ1n) is 8.06. The van der Waals surface area contributed by atoms with E-state index in [0.717, 1.165) is 34.0 Å². The smallest absolute Gasteiger partial charge is 0.300 e.